The lowest BCUT2D eigenvalue weighted by molar-refractivity contribution is -0.142. The molecule has 1 aromatic rings. The van der Waals surface area contributed by atoms with E-state index in [-0.39, 0.29) is 41.2 Å². The highest BCUT2D eigenvalue weighted by Crippen LogP contribution is 2.47. The largest absolute Gasteiger partial charge is 0.449 e. The molecule has 0 unspecified atom stereocenters. The third kappa shape index (κ3) is 5.51. The standard InChI is InChI=1S/C28H38ClN3O4/c1-28(12-13-28)26(34)31-14-9-21(10-15-31)25(33)32-17-23(20-5-7-22(29)8-6-20)24(18-32)30(2)27(35)36-16-11-19-3-4-19/h5-8,19,21,23-24H,3-4,9-18H2,1-2H3/t23-,24+/m0/s1. The van der Waals surface area contributed by atoms with Gasteiger partial charge in [0, 0.05) is 55.5 Å². The molecule has 8 heteroatoms. The van der Waals surface area contributed by atoms with E-state index in [1.807, 2.05) is 41.0 Å². The molecule has 4 aliphatic rings. The van der Waals surface area contributed by atoms with Gasteiger partial charge in [-0.15, -0.1) is 0 Å². The van der Waals surface area contributed by atoms with Crippen molar-refractivity contribution in [3.63, 3.8) is 0 Å². The zero-order chi connectivity index (χ0) is 25.4. The molecule has 2 saturated heterocycles. The van der Waals surface area contributed by atoms with Gasteiger partial charge in [-0.1, -0.05) is 43.5 Å². The maximum absolute atomic E-state index is 13.6. The molecule has 196 valence electrons. The van der Waals surface area contributed by atoms with Crippen LogP contribution in [0.1, 0.15) is 63.4 Å². The second kappa shape index (κ2) is 10.2. The number of amides is 3. The van der Waals surface area contributed by atoms with Gasteiger partial charge in [-0.3, -0.25) is 9.59 Å². The number of ether oxygens (including phenoxy) is 1. The van der Waals surface area contributed by atoms with Crippen LogP contribution in [0.15, 0.2) is 24.3 Å². The normalized spacial score (nSPS) is 25.5. The van der Waals surface area contributed by atoms with Gasteiger partial charge in [0.25, 0.3) is 0 Å². The molecule has 7 nitrogen and oxygen atoms in total. The van der Waals surface area contributed by atoms with E-state index in [0.29, 0.717) is 56.6 Å². The number of carbonyl (C=O) groups excluding carboxylic acids is 3. The summed E-state index contributed by atoms with van der Waals surface area (Å²) in [6.45, 7) is 4.83. The summed E-state index contributed by atoms with van der Waals surface area (Å²) in [4.78, 5) is 44.7. The van der Waals surface area contributed by atoms with Gasteiger partial charge in [0.2, 0.25) is 11.8 Å². The lowest BCUT2D eigenvalue weighted by Gasteiger charge is -2.34. The van der Waals surface area contributed by atoms with Gasteiger partial charge in [-0.05, 0) is 55.7 Å². The van der Waals surface area contributed by atoms with Crippen LogP contribution in [0.3, 0.4) is 0 Å². The number of hydrogen-bond donors (Lipinski definition) is 0. The minimum Gasteiger partial charge on any atom is -0.449 e. The van der Waals surface area contributed by atoms with Crippen LogP contribution < -0.4 is 0 Å². The number of carbonyl (C=O) groups is 3. The van der Waals surface area contributed by atoms with Crippen LogP contribution in [0, 0.1) is 17.3 Å². The van der Waals surface area contributed by atoms with Crippen LogP contribution in [-0.4, -0.2) is 78.5 Å². The van der Waals surface area contributed by atoms with E-state index in [9.17, 15) is 14.4 Å². The van der Waals surface area contributed by atoms with Crippen molar-refractivity contribution in [2.45, 2.75) is 63.8 Å². The summed E-state index contributed by atoms with van der Waals surface area (Å²) in [7, 11) is 1.78. The first-order valence-electron chi connectivity index (χ1n) is 13.5. The Morgan fingerprint density at radius 2 is 1.69 bits per heavy atom. The Hall–Kier alpha value is -2.28. The average Bonchev–Trinajstić information content (AvgIpc) is 3.81. The fourth-order valence-electron chi connectivity index (χ4n) is 5.72. The molecule has 0 aromatic heterocycles. The fourth-order valence-corrected chi connectivity index (χ4v) is 5.85. The van der Waals surface area contributed by atoms with Gasteiger partial charge in [-0.25, -0.2) is 4.79 Å². The molecule has 1 aromatic carbocycles. The number of hydrogen-bond acceptors (Lipinski definition) is 4. The Balaban J connectivity index is 1.23. The quantitative estimate of drug-likeness (QED) is 0.534. The first-order chi connectivity index (χ1) is 17.2. The molecule has 2 heterocycles. The molecule has 4 fully saturated rings. The van der Waals surface area contributed by atoms with Crippen molar-refractivity contribution in [1.29, 1.82) is 0 Å². The Morgan fingerprint density at radius 1 is 1.03 bits per heavy atom. The van der Waals surface area contributed by atoms with E-state index < -0.39 is 0 Å². The summed E-state index contributed by atoms with van der Waals surface area (Å²) in [5.74, 6) is 1.000. The van der Waals surface area contributed by atoms with Crippen LogP contribution in [0.25, 0.3) is 0 Å². The number of piperidine rings is 1. The van der Waals surface area contributed by atoms with Crippen LogP contribution >= 0.6 is 11.6 Å². The Kier molecular flexibility index (Phi) is 7.21. The number of nitrogens with zero attached hydrogens (tertiary/aromatic N) is 3. The first-order valence-corrected chi connectivity index (χ1v) is 13.9. The van der Waals surface area contributed by atoms with E-state index in [0.717, 1.165) is 24.8 Å². The van der Waals surface area contributed by atoms with Gasteiger partial charge in [0.05, 0.1) is 12.6 Å². The predicted octanol–water partition coefficient (Wildman–Crippen LogP) is 4.54. The van der Waals surface area contributed by atoms with Crippen molar-refractivity contribution in [3.8, 4) is 0 Å². The Morgan fingerprint density at radius 3 is 2.31 bits per heavy atom. The van der Waals surface area contributed by atoms with Crippen molar-refractivity contribution in [2.24, 2.45) is 17.3 Å². The van der Waals surface area contributed by atoms with E-state index >= 15 is 0 Å². The topological polar surface area (TPSA) is 70.2 Å². The molecule has 0 N–H and O–H groups in total. The summed E-state index contributed by atoms with van der Waals surface area (Å²) >= 11 is 6.13. The van der Waals surface area contributed by atoms with Gasteiger partial charge in [0.15, 0.2) is 0 Å². The molecule has 0 radical (unpaired) electrons. The number of rotatable bonds is 7. The summed E-state index contributed by atoms with van der Waals surface area (Å²) < 4.78 is 5.57. The van der Waals surface area contributed by atoms with Gasteiger partial charge in [-0.2, -0.15) is 0 Å². The predicted molar refractivity (Wildman–Crippen MR) is 138 cm³/mol. The van der Waals surface area contributed by atoms with Gasteiger partial charge < -0.3 is 19.4 Å². The van der Waals surface area contributed by atoms with Gasteiger partial charge >= 0.3 is 6.09 Å². The minimum absolute atomic E-state index is 0.0105. The lowest BCUT2D eigenvalue weighted by Crippen LogP contribution is -2.46. The van der Waals surface area contributed by atoms with Crippen LogP contribution in [0.5, 0.6) is 0 Å². The van der Waals surface area contributed by atoms with Crippen LogP contribution in [0.2, 0.25) is 5.02 Å². The van der Waals surface area contributed by atoms with Crippen LogP contribution in [0.4, 0.5) is 4.79 Å². The Bertz CT molecular complexity index is 983. The van der Waals surface area contributed by atoms with E-state index in [4.69, 9.17) is 16.3 Å². The molecule has 2 saturated carbocycles. The zero-order valence-electron chi connectivity index (χ0n) is 21.5. The summed E-state index contributed by atoms with van der Waals surface area (Å²) in [6, 6.07) is 7.53. The van der Waals surface area contributed by atoms with Crippen molar-refractivity contribution < 1.29 is 19.1 Å². The van der Waals surface area contributed by atoms with Crippen molar-refractivity contribution in [3.05, 3.63) is 34.9 Å². The molecule has 0 bridgehead atoms. The zero-order valence-corrected chi connectivity index (χ0v) is 22.2. The maximum Gasteiger partial charge on any atom is 0.409 e. The van der Waals surface area contributed by atoms with Crippen molar-refractivity contribution >= 4 is 29.5 Å². The number of likely N-dealkylation sites (N-methyl/N-ethyl adjacent to an activating group) is 1. The smallest absolute Gasteiger partial charge is 0.409 e. The van der Waals surface area contributed by atoms with Crippen molar-refractivity contribution in [1.82, 2.24) is 14.7 Å². The molecule has 36 heavy (non-hydrogen) atoms. The highest BCUT2D eigenvalue weighted by molar-refractivity contribution is 6.30. The average molecular weight is 516 g/mol. The van der Waals surface area contributed by atoms with E-state index in [1.54, 1.807) is 11.9 Å². The van der Waals surface area contributed by atoms with E-state index in [1.165, 1.54) is 12.8 Å². The van der Waals surface area contributed by atoms with Crippen LogP contribution in [-0.2, 0) is 14.3 Å². The highest BCUT2D eigenvalue weighted by Gasteiger charge is 2.48. The second-order valence-corrected chi connectivity index (χ2v) is 12.0. The van der Waals surface area contributed by atoms with Gasteiger partial charge in [0.1, 0.15) is 0 Å². The minimum atomic E-state index is -0.325. The molecule has 0 spiro atoms. The Labute approximate surface area is 219 Å². The monoisotopic (exact) mass is 515 g/mol. The third-order valence-corrected chi connectivity index (χ3v) is 9.03. The molecule has 2 atom stereocenters. The van der Waals surface area contributed by atoms with Crippen molar-refractivity contribution in [2.75, 3.05) is 39.8 Å². The molecular formula is C28H38ClN3O4. The third-order valence-electron chi connectivity index (χ3n) is 8.78. The fraction of sp³-hybridized carbons (Fsp3) is 0.679. The molecule has 2 aliphatic heterocycles. The molecule has 3 amide bonds. The maximum atomic E-state index is 13.6. The lowest BCUT2D eigenvalue weighted by atomic mass is 9.93. The SMILES string of the molecule is CN(C(=O)OCCC1CC1)[C@@H]1CN(C(=O)C2CCN(C(=O)C3(C)CC3)CC2)C[C@H]1c1ccc(Cl)cc1. The molecule has 5 rings (SSSR count). The number of benzene rings is 1. The summed E-state index contributed by atoms with van der Waals surface area (Å²) in [5, 5.41) is 0.662. The van der Waals surface area contributed by atoms with E-state index in [2.05, 4.69) is 0 Å². The highest BCUT2D eigenvalue weighted by atomic mass is 35.5. The summed E-state index contributed by atoms with van der Waals surface area (Å²) in [5.41, 5.74) is 0.901. The second-order valence-electron chi connectivity index (χ2n) is 11.6. The number of halogens is 1. The number of likely N-dealkylation sites (tertiary alicyclic amines) is 2. The molecule has 2 aliphatic carbocycles. The first kappa shape index (κ1) is 25.4. The molecular weight excluding hydrogens is 478 g/mol. The summed E-state index contributed by atoms with van der Waals surface area (Å²) in [6.07, 6.45) is 6.42.